The summed E-state index contributed by atoms with van der Waals surface area (Å²) in [6.45, 7) is 2.04. The van der Waals surface area contributed by atoms with Gasteiger partial charge in [-0.1, -0.05) is 12.1 Å². The van der Waals surface area contributed by atoms with Crippen LogP contribution >= 0.6 is 15.9 Å². The largest absolute Gasteiger partial charge is 0.363 e. The van der Waals surface area contributed by atoms with Crippen molar-refractivity contribution in [2.75, 3.05) is 5.32 Å². The minimum absolute atomic E-state index is 0.101. The molecule has 5 heteroatoms. The van der Waals surface area contributed by atoms with Crippen molar-refractivity contribution in [3.8, 4) is 6.07 Å². The molecule has 1 atom stereocenters. The van der Waals surface area contributed by atoms with Gasteiger partial charge in [-0.05, 0) is 40.5 Å². The van der Waals surface area contributed by atoms with Gasteiger partial charge in [-0.2, -0.15) is 5.26 Å². The SMILES string of the molecule is CC(Nc1ncncc1Br)c1ccc(C#N)cc1. The van der Waals surface area contributed by atoms with Gasteiger partial charge < -0.3 is 5.32 Å². The standard InChI is InChI=1S/C13H11BrN4/c1-9(11-4-2-10(6-15)3-5-11)18-13-12(14)7-16-8-17-13/h2-5,7-9H,1H3,(H,16,17,18). The topological polar surface area (TPSA) is 61.6 Å². The van der Waals surface area contributed by atoms with E-state index in [1.54, 1.807) is 6.20 Å². The Morgan fingerprint density at radius 1 is 1.33 bits per heavy atom. The van der Waals surface area contributed by atoms with Gasteiger partial charge in [0.05, 0.1) is 16.1 Å². The molecule has 0 aliphatic heterocycles. The normalized spacial score (nSPS) is 11.6. The van der Waals surface area contributed by atoms with Gasteiger partial charge in [0.1, 0.15) is 12.1 Å². The summed E-state index contributed by atoms with van der Waals surface area (Å²) in [4.78, 5) is 8.07. The number of hydrogen-bond acceptors (Lipinski definition) is 4. The fraction of sp³-hybridized carbons (Fsp3) is 0.154. The van der Waals surface area contributed by atoms with Gasteiger partial charge in [0.2, 0.25) is 0 Å². The van der Waals surface area contributed by atoms with Gasteiger partial charge in [-0.25, -0.2) is 9.97 Å². The summed E-state index contributed by atoms with van der Waals surface area (Å²) in [5.74, 6) is 0.752. The van der Waals surface area contributed by atoms with Crippen LogP contribution in [0.5, 0.6) is 0 Å². The van der Waals surface area contributed by atoms with E-state index in [0.29, 0.717) is 5.56 Å². The predicted octanol–water partition coefficient (Wildman–Crippen LogP) is 3.28. The van der Waals surface area contributed by atoms with Gasteiger partial charge in [0.25, 0.3) is 0 Å². The van der Waals surface area contributed by atoms with Crippen LogP contribution in [0.25, 0.3) is 0 Å². The third-order valence-corrected chi connectivity index (χ3v) is 3.14. The molecular weight excluding hydrogens is 292 g/mol. The molecule has 1 aromatic carbocycles. The number of nitrogens with one attached hydrogen (secondary N) is 1. The monoisotopic (exact) mass is 302 g/mol. The van der Waals surface area contributed by atoms with Crippen LogP contribution in [0.2, 0.25) is 0 Å². The van der Waals surface area contributed by atoms with Gasteiger partial charge in [-0.15, -0.1) is 0 Å². The number of rotatable bonds is 3. The van der Waals surface area contributed by atoms with Crippen molar-refractivity contribution in [1.29, 1.82) is 5.26 Å². The van der Waals surface area contributed by atoms with E-state index in [-0.39, 0.29) is 6.04 Å². The maximum absolute atomic E-state index is 8.75. The average Bonchev–Trinajstić information content (AvgIpc) is 2.41. The fourth-order valence-electron chi connectivity index (χ4n) is 1.55. The van der Waals surface area contributed by atoms with Gasteiger partial charge in [0.15, 0.2) is 0 Å². The molecular formula is C13H11BrN4. The van der Waals surface area contributed by atoms with Crippen LogP contribution < -0.4 is 5.32 Å². The third kappa shape index (κ3) is 2.84. The summed E-state index contributed by atoms with van der Waals surface area (Å²) < 4.78 is 0.825. The van der Waals surface area contributed by atoms with E-state index in [1.165, 1.54) is 6.33 Å². The maximum atomic E-state index is 8.75. The van der Waals surface area contributed by atoms with Crippen LogP contribution in [-0.2, 0) is 0 Å². The molecule has 1 unspecified atom stereocenters. The zero-order chi connectivity index (χ0) is 13.0. The first-order valence-electron chi connectivity index (χ1n) is 5.43. The second-order valence-electron chi connectivity index (χ2n) is 3.82. The van der Waals surface area contributed by atoms with Crippen molar-refractivity contribution in [2.45, 2.75) is 13.0 Å². The zero-order valence-corrected chi connectivity index (χ0v) is 11.3. The zero-order valence-electron chi connectivity index (χ0n) is 9.76. The molecule has 0 saturated heterocycles. The van der Waals surface area contributed by atoms with Crippen molar-refractivity contribution < 1.29 is 0 Å². The number of aromatic nitrogens is 2. The Hall–Kier alpha value is -1.93. The van der Waals surface area contributed by atoms with Crippen LogP contribution in [0.3, 0.4) is 0 Å². The molecule has 90 valence electrons. The van der Waals surface area contributed by atoms with Crippen LogP contribution in [-0.4, -0.2) is 9.97 Å². The molecule has 2 rings (SSSR count). The van der Waals surface area contributed by atoms with Crippen LogP contribution in [0.15, 0.2) is 41.3 Å². The molecule has 0 bridgehead atoms. The van der Waals surface area contributed by atoms with E-state index >= 15 is 0 Å². The molecule has 0 radical (unpaired) electrons. The summed E-state index contributed by atoms with van der Waals surface area (Å²) in [7, 11) is 0. The molecule has 1 N–H and O–H groups in total. The molecule has 2 aromatic rings. The molecule has 1 aromatic heterocycles. The summed E-state index contributed by atoms with van der Waals surface area (Å²) in [5.41, 5.74) is 1.76. The Kier molecular flexibility index (Phi) is 3.90. The lowest BCUT2D eigenvalue weighted by atomic mass is 10.1. The first-order chi connectivity index (χ1) is 8.70. The molecule has 1 heterocycles. The molecule has 0 aliphatic carbocycles. The second kappa shape index (κ2) is 5.61. The second-order valence-corrected chi connectivity index (χ2v) is 4.67. The maximum Gasteiger partial charge on any atom is 0.144 e. The minimum atomic E-state index is 0.101. The first kappa shape index (κ1) is 12.5. The van der Waals surface area contributed by atoms with Gasteiger partial charge in [0, 0.05) is 12.2 Å². The van der Waals surface area contributed by atoms with Crippen LogP contribution in [0.1, 0.15) is 24.1 Å². The lowest BCUT2D eigenvalue weighted by Crippen LogP contribution is -2.08. The minimum Gasteiger partial charge on any atom is -0.363 e. The van der Waals surface area contributed by atoms with Gasteiger partial charge in [-0.3, -0.25) is 0 Å². The van der Waals surface area contributed by atoms with Gasteiger partial charge >= 0.3 is 0 Å². The number of anilines is 1. The van der Waals surface area contributed by atoms with E-state index in [1.807, 2.05) is 31.2 Å². The molecule has 0 amide bonds. The number of benzene rings is 1. The quantitative estimate of drug-likeness (QED) is 0.945. The Morgan fingerprint density at radius 3 is 2.67 bits per heavy atom. The van der Waals surface area contributed by atoms with Crippen molar-refractivity contribution in [3.05, 3.63) is 52.4 Å². The van der Waals surface area contributed by atoms with Crippen molar-refractivity contribution in [2.24, 2.45) is 0 Å². The molecule has 0 saturated carbocycles. The summed E-state index contributed by atoms with van der Waals surface area (Å²) in [6.07, 6.45) is 3.19. The van der Waals surface area contributed by atoms with E-state index < -0.39 is 0 Å². The van der Waals surface area contributed by atoms with Crippen LogP contribution in [0, 0.1) is 11.3 Å². The Bertz CT molecular complexity index is 574. The third-order valence-electron chi connectivity index (χ3n) is 2.56. The lowest BCUT2D eigenvalue weighted by molar-refractivity contribution is 0.869. The highest BCUT2D eigenvalue weighted by Crippen LogP contribution is 2.23. The smallest absolute Gasteiger partial charge is 0.144 e. The molecule has 18 heavy (non-hydrogen) atoms. The molecule has 0 fully saturated rings. The number of hydrogen-bond donors (Lipinski definition) is 1. The molecule has 4 nitrogen and oxygen atoms in total. The molecule has 0 aliphatic rings. The lowest BCUT2D eigenvalue weighted by Gasteiger charge is -2.15. The number of nitriles is 1. The van der Waals surface area contributed by atoms with E-state index in [4.69, 9.17) is 5.26 Å². The Morgan fingerprint density at radius 2 is 2.06 bits per heavy atom. The predicted molar refractivity (Wildman–Crippen MR) is 72.9 cm³/mol. The van der Waals surface area contributed by atoms with E-state index in [9.17, 15) is 0 Å². The van der Waals surface area contributed by atoms with Crippen molar-refractivity contribution >= 4 is 21.7 Å². The number of nitrogens with zero attached hydrogens (tertiary/aromatic N) is 3. The highest BCUT2D eigenvalue weighted by atomic mass is 79.9. The Labute approximate surface area is 114 Å². The highest BCUT2D eigenvalue weighted by molar-refractivity contribution is 9.10. The van der Waals surface area contributed by atoms with Crippen molar-refractivity contribution in [3.63, 3.8) is 0 Å². The number of halogens is 1. The molecule has 0 spiro atoms. The van der Waals surface area contributed by atoms with Crippen LogP contribution in [0.4, 0.5) is 5.82 Å². The van der Waals surface area contributed by atoms with Crippen molar-refractivity contribution in [1.82, 2.24) is 9.97 Å². The summed E-state index contributed by atoms with van der Waals surface area (Å²) >= 11 is 3.39. The van der Waals surface area contributed by atoms with E-state index in [2.05, 4.69) is 37.3 Å². The first-order valence-corrected chi connectivity index (χ1v) is 6.22. The van der Waals surface area contributed by atoms with E-state index in [0.717, 1.165) is 15.9 Å². The highest BCUT2D eigenvalue weighted by Gasteiger charge is 2.08. The summed E-state index contributed by atoms with van der Waals surface area (Å²) in [5, 5.41) is 12.0. The fourth-order valence-corrected chi connectivity index (χ4v) is 1.89. The average molecular weight is 303 g/mol. The summed E-state index contributed by atoms with van der Waals surface area (Å²) in [6, 6.07) is 9.69. The Balaban J connectivity index is 2.15.